The zero-order chi connectivity index (χ0) is 43.8. The normalized spacial score (nSPS) is 16.0. The van der Waals surface area contributed by atoms with Crippen molar-refractivity contribution < 1.29 is 75.4 Å². The van der Waals surface area contributed by atoms with E-state index in [1.54, 1.807) is 0 Å². The summed E-state index contributed by atoms with van der Waals surface area (Å²) in [7, 11) is 9.34. The van der Waals surface area contributed by atoms with E-state index in [0.717, 1.165) is 28.3 Å². The molecule has 2 aromatic heterocycles. The SMILES string of the molecule is C.C.FC(F)(F)c1nnc2n1CCNC2.N[C@@H](CC(=O)N1CCn2c(nnc2C(F)(F)F)C1)Cc1cc(F)c(F)cc1F.O=C1CC(Cc2cc(F)c(F)cc2F)N1.[Cl][Cu][Cl]. The van der Waals surface area contributed by atoms with Crippen molar-refractivity contribution in [1.82, 2.24) is 45.1 Å². The number of nitrogens with zero attached hydrogens (tertiary/aromatic N) is 7. The number of β-lactam (4-membered cyclic amide) rings is 1. The van der Waals surface area contributed by atoms with E-state index in [1.807, 2.05) is 0 Å². The van der Waals surface area contributed by atoms with Gasteiger partial charge in [0.15, 0.2) is 29.1 Å². The van der Waals surface area contributed by atoms with Crippen LogP contribution in [0.25, 0.3) is 0 Å². The van der Waals surface area contributed by atoms with Gasteiger partial charge in [-0.25, -0.2) is 26.3 Å². The van der Waals surface area contributed by atoms with Crippen LogP contribution in [0.15, 0.2) is 24.3 Å². The Morgan fingerprint density at radius 3 is 1.77 bits per heavy atom. The standard InChI is InChI=1S/C16H15F6N5O.C10H8F3NO.C6H7F3N4.2CH4.2ClH.Cu/c17-10-6-12(19)11(18)4-8(10)3-9(23)5-14(28)26-1-2-27-13(7-26)24-25-15(27)16(20,21)22;11-7-4-9(13)8(12)2-5(7)1-6-3-10(15)14-6;7-6(8,9)5-12-11-4-3-10-1-2-13(4)5;;;;;/h4,6,9H,1-3,5,7,23H2;2,4,6H,1,3H2,(H,14,15);10H,1-3H2;2*1H4;2*1H;/q;;;;;;;+2/p-2/t9-;;;;;;;/m1......./s1. The summed E-state index contributed by atoms with van der Waals surface area (Å²) in [5.41, 5.74) is 5.72. The number of fused-ring (bicyclic) bond motifs is 2. The second-order valence-corrected chi connectivity index (χ2v) is 14.3. The molecule has 1 fully saturated rings. The Labute approximate surface area is 355 Å². The predicted molar refractivity (Wildman–Crippen MR) is 192 cm³/mol. The number of alkyl halides is 6. The molecule has 3 aliphatic rings. The molecule has 4 aromatic rings. The van der Waals surface area contributed by atoms with Crippen LogP contribution in [-0.4, -0.2) is 71.4 Å². The van der Waals surface area contributed by atoms with Crippen molar-refractivity contribution >= 4 is 32.0 Å². The summed E-state index contributed by atoms with van der Waals surface area (Å²) in [6.07, 6.45) is -9.01. The Morgan fingerprint density at radius 2 is 1.25 bits per heavy atom. The first-order chi connectivity index (χ1) is 27.6. The Hall–Kier alpha value is -4.16. The summed E-state index contributed by atoms with van der Waals surface area (Å²) in [4.78, 5) is 24.2. The fourth-order valence-electron chi connectivity index (χ4n) is 5.85. The van der Waals surface area contributed by atoms with E-state index in [9.17, 15) is 62.3 Å². The molecule has 0 spiro atoms. The summed E-state index contributed by atoms with van der Waals surface area (Å²) in [6, 6.07) is 1.36. The second-order valence-electron chi connectivity index (χ2n) is 12.8. The van der Waals surface area contributed by atoms with Crippen molar-refractivity contribution in [1.29, 1.82) is 0 Å². The van der Waals surface area contributed by atoms with Crippen LogP contribution in [0.4, 0.5) is 52.7 Å². The van der Waals surface area contributed by atoms with Gasteiger partial charge in [-0.2, -0.15) is 26.3 Å². The molecule has 0 saturated carbocycles. The number of aromatic nitrogens is 6. The van der Waals surface area contributed by atoms with E-state index >= 15 is 0 Å². The maximum absolute atomic E-state index is 13.7. The number of nitrogens with one attached hydrogen (secondary N) is 2. The number of nitrogens with two attached hydrogens (primary N) is 1. The maximum atomic E-state index is 13.7. The van der Waals surface area contributed by atoms with Gasteiger partial charge in [0.05, 0.1) is 13.1 Å². The van der Waals surface area contributed by atoms with Gasteiger partial charge in [-0.05, 0) is 36.1 Å². The molecule has 2 atom stereocenters. The van der Waals surface area contributed by atoms with Crippen LogP contribution in [0.5, 0.6) is 0 Å². The van der Waals surface area contributed by atoms with E-state index in [1.165, 1.54) is 4.90 Å². The fraction of sp³-hybridized carbons (Fsp3) is 0.471. The van der Waals surface area contributed by atoms with E-state index in [0.29, 0.717) is 43.5 Å². The molecular weight excluding hydrogens is 943 g/mol. The van der Waals surface area contributed by atoms with Gasteiger partial charge in [-0.15, -0.1) is 20.4 Å². The average Bonchev–Trinajstić information content (AvgIpc) is 3.78. The van der Waals surface area contributed by atoms with Crippen molar-refractivity contribution in [2.45, 2.75) is 91.2 Å². The molecule has 4 N–H and O–H groups in total. The van der Waals surface area contributed by atoms with Crippen molar-refractivity contribution in [3.05, 3.63) is 93.6 Å². The first-order valence-corrected chi connectivity index (χ1v) is 19.3. The van der Waals surface area contributed by atoms with Crippen LogP contribution < -0.4 is 16.4 Å². The number of rotatable bonds is 6. The zero-order valence-corrected chi connectivity index (χ0v) is 32.1. The minimum absolute atomic E-state index is 0. The van der Waals surface area contributed by atoms with Gasteiger partial charge in [0.2, 0.25) is 23.5 Å². The van der Waals surface area contributed by atoms with Gasteiger partial charge in [0.25, 0.3) is 0 Å². The Bertz CT molecular complexity index is 2100. The molecule has 0 bridgehead atoms. The van der Waals surface area contributed by atoms with Crippen LogP contribution in [0.3, 0.4) is 0 Å². The monoisotopic (exact) mass is 979 g/mol. The second kappa shape index (κ2) is 22.8. The first-order valence-electron chi connectivity index (χ1n) is 16.7. The van der Waals surface area contributed by atoms with Crippen LogP contribution in [-0.2, 0) is 74.1 Å². The van der Waals surface area contributed by atoms with Gasteiger partial charge in [0, 0.05) is 63.2 Å². The molecule has 27 heteroatoms. The molecule has 345 valence electrons. The van der Waals surface area contributed by atoms with Gasteiger partial charge in [-0.1, -0.05) is 14.9 Å². The van der Waals surface area contributed by atoms with Crippen molar-refractivity contribution in [3.63, 3.8) is 0 Å². The van der Waals surface area contributed by atoms with Gasteiger partial charge in [-0.3, -0.25) is 9.59 Å². The summed E-state index contributed by atoms with van der Waals surface area (Å²) in [6.45, 7) is 0.845. The Morgan fingerprint density at radius 1 is 0.770 bits per heavy atom. The molecule has 2 amide bonds. The molecule has 1 saturated heterocycles. The molecule has 1 unspecified atom stereocenters. The topological polar surface area (TPSA) is 149 Å². The Kier molecular flexibility index (Phi) is 19.8. The number of amides is 2. The third kappa shape index (κ3) is 14.4. The van der Waals surface area contributed by atoms with Crippen LogP contribution in [0.2, 0.25) is 0 Å². The zero-order valence-electron chi connectivity index (χ0n) is 29.7. The molecular formula is C34H38Cl2CuF12N10O2. The molecule has 61 heavy (non-hydrogen) atoms. The number of hydrogen-bond acceptors (Lipinski definition) is 8. The quantitative estimate of drug-likeness (QED) is 0.0848. The van der Waals surface area contributed by atoms with Crippen LogP contribution >= 0.6 is 20.2 Å². The minimum atomic E-state index is -4.64. The van der Waals surface area contributed by atoms with E-state index < -0.39 is 70.9 Å². The summed E-state index contributed by atoms with van der Waals surface area (Å²) >= 11 is 0.757. The van der Waals surface area contributed by atoms with Crippen LogP contribution in [0, 0.1) is 34.9 Å². The molecule has 7 rings (SSSR count). The molecule has 12 nitrogen and oxygen atoms in total. The average molecular weight is 981 g/mol. The predicted octanol–water partition coefficient (Wildman–Crippen LogP) is 6.60. The molecule has 3 aliphatic heterocycles. The van der Waals surface area contributed by atoms with Crippen LogP contribution in [0.1, 0.15) is 62.1 Å². The number of hydrogen-bond donors (Lipinski definition) is 3. The van der Waals surface area contributed by atoms with Crippen molar-refractivity contribution in [2.24, 2.45) is 5.73 Å². The van der Waals surface area contributed by atoms with Crippen molar-refractivity contribution in [3.8, 4) is 0 Å². The number of carbonyl (C=O) groups is 2. The molecule has 5 heterocycles. The van der Waals surface area contributed by atoms with E-state index in [2.05, 4.69) is 51.2 Å². The van der Waals surface area contributed by atoms with Gasteiger partial charge < -0.3 is 30.4 Å². The Balaban J connectivity index is 0.000000327. The fourth-order valence-corrected chi connectivity index (χ4v) is 5.85. The van der Waals surface area contributed by atoms with Gasteiger partial charge in [0.1, 0.15) is 17.5 Å². The van der Waals surface area contributed by atoms with Gasteiger partial charge >= 0.3 is 45.7 Å². The third-order valence-electron chi connectivity index (χ3n) is 8.60. The summed E-state index contributed by atoms with van der Waals surface area (Å²) in [5.74, 6) is -8.86. The first kappa shape index (κ1) is 53.0. The summed E-state index contributed by atoms with van der Waals surface area (Å²) < 4.78 is 156. The molecule has 2 aromatic carbocycles. The number of carbonyl (C=O) groups excluding carboxylic acids is 2. The van der Waals surface area contributed by atoms with Crippen molar-refractivity contribution in [2.75, 3.05) is 13.1 Å². The molecule has 0 aliphatic carbocycles. The van der Waals surface area contributed by atoms with E-state index in [4.69, 9.17) is 5.73 Å². The van der Waals surface area contributed by atoms with E-state index in [-0.39, 0.29) is 89.2 Å². The number of halogens is 14. The molecule has 0 radical (unpaired) electrons. The number of benzene rings is 2. The third-order valence-corrected chi connectivity index (χ3v) is 8.60. The summed E-state index contributed by atoms with van der Waals surface area (Å²) in [5, 5.41) is 18.6.